The van der Waals surface area contributed by atoms with E-state index in [-0.39, 0.29) is 0 Å². The molecule has 84 valence electrons. The topological polar surface area (TPSA) is 53.6 Å². The predicted octanol–water partition coefficient (Wildman–Crippen LogP) is 1.72. The SMILES string of the molecule is CC1CCC(NCc2ncn[nH]2)CC1C. The Kier molecular flexibility index (Phi) is 3.36. The number of nitrogens with one attached hydrogen (secondary N) is 2. The summed E-state index contributed by atoms with van der Waals surface area (Å²) in [7, 11) is 0. The van der Waals surface area contributed by atoms with Crippen LogP contribution in [0.3, 0.4) is 0 Å². The Hall–Kier alpha value is -0.900. The highest BCUT2D eigenvalue weighted by Gasteiger charge is 2.23. The zero-order valence-electron chi connectivity index (χ0n) is 9.53. The van der Waals surface area contributed by atoms with Crippen LogP contribution in [0.2, 0.25) is 0 Å². The average Bonchev–Trinajstić information content (AvgIpc) is 2.73. The van der Waals surface area contributed by atoms with E-state index in [1.165, 1.54) is 19.3 Å². The summed E-state index contributed by atoms with van der Waals surface area (Å²) in [6.07, 6.45) is 5.48. The van der Waals surface area contributed by atoms with Crippen molar-refractivity contribution in [1.82, 2.24) is 20.5 Å². The molecule has 1 aliphatic rings. The van der Waals surface area contributed by atoms with Crippen LogP contribution in [-0.2, 0) is 6.54 Å². The summed E-state index contributed by atoms with van der Waals surface area (Å²) in [6, 6.07) is 0.654. The summed E-state index contributed by atoms with van der Waals surface area (Å²) in [5.74, 6) is 2.65. The van der Waals surface area contributed by atoms with Gasteiger partial charge in [-0.15, -0.1) is 0 Å². The number of aromatic amines is 1. The van der Waals surface area contributed by atoms with Gasteiger partial charge in [0, 0.05) is 6.04 Å². The molecule has 3 unspecified atom stereocenters. The Morgan fingerprint density at radius 2 is 2.27 bits per heavy atom. The smallest absolute Gasteiger partial charge is 0.138 e. The van der Waals surface area contributed by atoms with Crippen molar-refractivity contribution < 1.29 is 0 Å². The quantitative estimate of drug-likeness (QED) is 0.795. The van der Waals surface area contributed by atoms with Crippen molar-refractivity contribution in [3.8, 4) is 0 Å². The molecule has 1 aromatic rings. The van der Waals surface area contributed by atoms with Gasteiger partial charge in [-0.25, -0.2) is 4.98 Å². The van der Waals surface area contributed by atoms with Crippen LogP contribution in [0.15, 0.2) is 6.33 Å². The number of hydrogen-bond donors (Lipinski definition) is 2. The second-order valence-electron chi connectivity index (χ2n) is 4.78. The summed E-state index contributed by atoms with van der Waals surface area (Å²) in [5.41, 5.74) is 0. The molecule has 1 saturated carbocycles. The molecule has 2 rings (SSSR count). The van der Waals surface area contributed by atoms with Crippen molar-refractivity contribution in [2.75, 3.05) is 0 Å². The van der Waals surface area contributed by atoms with Crippen molar-refractivity contribution in [3.63, 3.8) is 0 Å². The van der Waals surface area contributed by atoms with E-state index in [4.69, 9.17) is 0 Å². The first-order valence-electron chi connectivity index (χ1n) is 5.83. The number of aromatic nitrogens is 3. The molecule has 1 heterocycles. The van der Waals surface area contributed by atoms with Gasteiger partial charge in [0.2, 0.25) is 0 Å². The van der Waals surface area contributed by atoms with E-state index in [1.807, 2.05) is 0 Å². The highest BCUT2D eigenvalue weighted by Crippen LogP contribution is 2.29. The Morgan fingerprint density at radius 1 is 1.40 bits per heavy atom. The first-order chi connectivity index (χ1) is 7.25. The van der Waals surface area contributed by atoms with Crippen LogP contribution in [0.25, 0.3) is 0 Å². The molecule has 0 saturated heterocycles. The lowest BCUT2D eigenvalue weighted by Gasteiger charge is -2.32. The van der Waals surface area contributed by atoms with Crippen LogP contribution in [0, 0.1) is 11.8 Å². The molecule has 4 heteroatoms. The molecule has 15 heavy (non-hydrogen) atoms. The van der Waals surface area contributed by atoms with Crippen molar-refractivity contribution in [3.05, 3.63) is 12.2 Å². The Balaban J connectivity index is 1.76. The molecule has 1 aromatic heterocycles. The van der Waals surface area contributed by atoms with Crippen molar-refractivity contribution in [2.45, 2.75) is 45.7 Å². The molecule has 1 aliphatic carbocycles. The average molecular weight is 208 g/mol. The van der Waals surface area contributed by atoms with Gasteiger partial charge in [0.15, 0.2) is 0 Å². The minimum absolute atomic E-state index is 0.654. The minimum atomic E-state index is 0.654. The van der Waals surface area contributed by atoms with E-state index in [0.29, 0.717) is 6.04 Å². The monoisotopic (exact) mass is 208 g/mol. The lowest BCUT2D eigenvalue weighted by Crippen LogP contribution is -2.36. The van der Waals surface area contributed by atoms with Gasteiger partial charge in [-0.05, 0) is 31.1 Å². The van der Waals surface area contributed by atoms with Crippen LogP contribution in [0.1, 0.15) is 38.9 Å². The minimum Gasteiger partial charge on any atom is -0.307 e. The largest absolute Gasteiger partial charge is 0.307 e. The second-order valence-corrected chi connectivity index (χ2v) is 4.78. The maximum atomic E-state index is 4.11. The van der Waals surface area contributed by atoms with Crippen LogP contribution in [0.5, 0.6) is 0 Å². The number of hydrogen-bond acceptors (Lipinski definition) is 3. The molecule has 0 amide bonds. The first-order valence-corrected chi connectivity index (χ1v) is 5.83. The van der Waals surface area contributed by atoms with E-state index in [2.05, 4.69) is 34.3 Å². The fraction of sp³-hybridized carbons (Fsp3) is 0.818. The molecule has 0 aromatic carbocycles. The third kappa shape index (κ3) is 2.78. The molecular weight excluding hydrogens is 188 g/mol. The third-order valence-electron chi connectivity index (χ3n) is 3.62. The van der Waals surface area contributed by atoms with Crippen LogP contribution in [0.4, 0.5) is 0 Å². The first kappa shape index (κ1) is 10.6. The van der Waals surface area contributed by atoms with Gasteiger partial charge in [0.1, 0.15) is 12.2 Å². The van der Waals surface area contributed by atoms with Crippen molar-refractivity contribution in [1.29, 1.82) is 0 Å². The van der Waals surface area contributed by atoms with Gasteiger partial charge < -0.3 is 5.32 Å². The highest BCUT2D eigenvalue weighted by molar-refractivity contribution is 4.84. The Bertz CT molecular complexity index is 283. The van der Waals surface area contributed by atoms with Crippen molar-refractivity contribution >= 4 is 0 Å². The molecule has 0 radical (unpaired) electrons. The molecule has 2 N–H and O–H groups in total. The molecule has 4 nitrogen and oxygen atoms in total. The predicted molar refractivity (Wildman–Crippen MR) is 59.2 cm³/mol. The van der Waals surface area contributed by atoms with Gasteiger partial charge in [-0.1, -0.05) is 13.8 Å². The van der Waals surface area contributed by atoms with Gasteiger partial charge >= 0.3 is 0 Å². The Morgan fingerprint density at radius 3 is 2.93 bits per heavy atom. The fourth-order valence-corrected chi connectivity index (χ4v) is 2.29. The summed E-state index contributed by atoms with van der Waals surface area (Å²) >= 11 is 0. The fourth-order valence-electron chi connectivity index (χ4n) is 2.29. The molecule has 0 spiro atoms. The summed E-state index contributed by atoms with van der Waals surface area (Å²) in [4.78, 5) is 4.11. The standard InChI is InChI=1S/C11H20N4/c1-8-3-4-10(5-9(8)2)12-6-11-13-7-14-15-11/h7-10,12H,3-6H2,1-2H3,(H,13,14,15). The zero-order chi connectivity index (χ0) is 10.7. The molecule has 0 bridgehead atoms. The van der Waals surface area contributed by atoms with Crippen LogP contribution < -0.4 is 5.32 Å². The summed E-state index contributed by atoms with van der Waals surface area (Å²) in [6.45, 7) is 5.52. The van der Waals surface area contributed by atoms with Crippen LogP contribution >= 0.6 is 0 Å². The van der Waals surface area contributed by atoms with E-state index in [9.17, 15) is 0 Å². The second kappa shape index (κ2) is 4.75. The van der Waals surface area contributed by atoms with Gasteiger partial charge in [-0.2, -0.15) is 5.10 Å². The van der Waals surface area contributed by atoms with E-state index >= 15 is 0 Å². The lowest BCUT2D eigenvalue weighted by molar-refractivity contribution is 0.225. The van der Waals surface area contributed by atoms with Gasteiger partial charge in [0.05, 0.1) is 6.54 Å². The zero-order valence-corrected chi connectivity index (χ0v) is 9.53. The molecular formula is C11H20N4. The van der Waals surface area contributed by atoms with Gasteiger partial charge in [-0.3, -0.25) is 5.10 Å². The third-order valence-corrected chi connectivity index (χ3v) is 3.62. The Labute approximate surface area is 90.9 Å². The molecule has 0 aliphatic heterocycles. The molecule has 3 atom stereocenters. The number of H-pyrrole nitrogens is 1. The van der Waals surface area contributed by atoms with Crippen molar-refractivity contribution in [2.24, 2.45) is 11.8 Å². The maximum absolute atomic E-state index is 4.11. The summed E-state index contributed by atoms with van der Waals surface area (Å²) < 4.78 is 0. The molecule has 1 fully saturated rings. The van der Waals surface area contributed by atoms with E-state index in [1.54, 1.807) is 6.33 Å². The number of rotatable bonds is 3. The van der Waals surface area contributed by atoms with E-state index in [0.717, 1.165) is 24.2 Å². The normalized spacial score (nSPS) is 31.7. The number of nitrogens with zero attached hydrogens (tertiary/aromatic N) is 2. The van der Waals surface area contributed by atoms with E-state index < -0.39 is 0 Å². The van der Waals surface area contributed by atoms with Gasteiger partial charge in [0.25, 0.3) is 0 Å². The lowest BCUT2D eigenvalue weighted by atomic mass is 9.79. The summed E-state index contributed by atoms with van der Waals surface area (Å²) in [5, 5.41) is 10.3. The highest BCUT2D eigenvalue weighted by atomic mass is 15.2. The van der Waals surface area contributed by atoms with Crippen LogP contribution in [-0.4, -0.2) is 21.2 Å². The maximum Gasteiger partial charge on any atom is 0.138 e.